The molecule has 1 aromatic rings. The van der Waals surface area contributed by atoms with Crippen molar-refractivity contribution in [3.63, 3.8) is 0 Å². The Labute approximate surface area is 130 Å². The van der Waals surface area contributed by atoms with E-state index >= 15 is 0 Å². The average molecular weight is 328 g/mol. The van der Waals surface area contributed by atoms with Crippen LogP contribution >= 0.6 is 0 Å². The number of piperidine rings is 1. The molecule has 122 valence electrons. The number of carbonyl (C=O) groups excluding carboxylic acids is 1. The van der Waals surface area contributed by atoms with Gasteiger partial charge in [0.05, 0.1) is 6.26 Å². The molecule has 5 nitrogen and oxygen atoms in total. The highest BCUT2D eigenvalue weighted by atomic mass is 32.2. The van der Waals surface area contributed by atoms with Crippen molar-refractivity contribution in [3.05, 3.63) is 35.6 Å². The molecule has 0 radical (unpaired) electrons. The number of hydrogen-bond donors (Lipinski definition) is 0. The lowest BCUT2D eigenvalue weighted by atomic mass is 9.96. The Morgan fingerprint density at radius 1 is 1.27 bits per heavy atom. The smallest absolute Gasteiger partial charge is 0.225 e. The van der Waals surface area contributed by atoms with Crippen LogP contribution in [0, 0.1) is 11.7 Å². The second-order valence-corrected chi connectivity index (χ2v) is 7.74. The minimum atomic E-state index is -3.17. The predicted octanol–water partition coefficient (Wildman–Crippen LogP) is 1.46. The molecule has 1 aromatic carbocycles. The molecule has 1 fully saturated rings. The van der Waals surface area contributed by atoms with Gasteiger partial charge in [0.25, 0.3) is 0 Å². The maximum absolute atomic E-state index is 12.9. The van der Waals surface area contributed by atoms with Crippen molar-refractivity contribution in [2.24, 2.45) is 5.92 Å². The van der Waals surface area contributed by atoms with Gasteiger partial charge in [-0.05, 0) is 30.5 Å². The molecule has 0 spiro atoms. The summed E-state index contributed by atoms with van der Waals surface area (Å²) in [4.78, 5) is 14.0. The van der Waals surface area contributed by atoms with E-state index in [4.69, 9.17) is 0 Å². The topological polar surface area (TPSA) is 57.7 Å². The van der Waals surface area contributed by atoms with E-state index in [0.717, 1.165) is 5.56 Å². The SMILES string of the molecule is CN(Cc1ccc(F)cc1)C(=O)C1CCN(S(C)(=O)=O)CC1. The van der Waals surface area contributed by atoms with Crippen molar-refractivity contribution >= 4 is 15.9 Å². The van der Waals surface area contributed by atoms with Crippen LogP contribution in [0.3, 0.4) is 0 Å². The van der Waals surface area contributed by atoms with Crippen LogP contribution in [0.15, 0.2) is 24.3 Å². The molecule has 0 N–H and O–H groups in total. The standard InChI is InChI=1S/C15H21FN2O3S/c1-17(11-12-3-5-14(16)6-4-12)15(19)13-7-9-18(10-8-13)22(2,20)21/h3-6,13H,7-11H2,1-2H3. The zero-order valence-electron chi connectivity index (χ0n) is 12.8. The van der Waals surface area contributed by atoms with Gasteiger partial charge in [-0.25, -0.2) is 17.1 Å². The van der Waals surface area contributed by atoms with Crippen molar-refractivity contribution in [3.8, 4) is 0 Å². The number of amides is 1. The first-order valence-electron chi connectivity index (χ1n) is 7.22. The lowest BCUT2D eigenvalue weighted by molar-refractivity contribution is -0.135. The molecule has 0 aliphatic carbocycles. The summed E-state index contributed by atoms with van der Waals surface area (Å²) in [6.45, 7) is 1.20. The molecule has 0 bridgehead atoms. The first-order chi connectivity index (χ1) is 10.3. The number of rotatable bonds is 4. The Morgan fingerprint density at radius 3 is 2.32 bits per heavy atom. The van der Waals surface area contributed by atoms with Gasteiger partial charge in [0.1, 0.15) is 5.82 Å². The van der Waals surface area contributed by atoms with E-state index in [1.54, 1.807) is 24.1 Å². The van der Waals surface area contributed by atoms with Crippen molar-refractivity contribution in [2.45, 2.75) is 19.4 Å². The number of sulfonamides is 1. The number of hydrogen-bond acceptors (Lipinski definition) is 3. The summed E-state index contributed by atoms with van der Waals surface area (Å²) in [5.74, 6) is -0.438. The van der Waals surface area contributed by atoms with Crippen LogP contribution in [0.25, 0.3) is 0 Å². The fourth-order valence-electron chi connectivity index (χ4n) is 2.69. The van der Waals surface area contributed by atoms with E-state index in [1.807, 2.05) is 0 Å². The van der Waals surface area contributed by atoms with E-state index < -0.39 is 10.0 Å². The van der Waals surface area contributed by atoms with E-state index in [-0.39, 0.29) is 17.6 Å². The third-order valence-corrected chi connectivity index (χ3v) is 5.28. The average Bonchev–Trinajstić information content (AvgIpc) is 2.48. The highest BCUT2D eigenvalue weighted by Gasteiger charge is 2.30. The molecular formula is C15H21FN2O3S. The third kappa shape index (κ3) is 4.27. The molecule has 0 atom stereocenters. The van der Waals surface area contributed by atoms with Crippen LogP contribution in [0.4, 0.5) is 4.39 Å². The summed E-state index contributed by atoms with van der Waals surface area (Å²) >= 11 is 0. The minimum Gasteiger partial charge on any atom is -0.341 e. The van der Waals surface area contributed by atoms with E-state index in [2.05, 4.69) is 0 Å². The summed E-state index contributed by atoms with van der Waals surface area (Å²) in [6.07, 6.45) is 2.27. The Morgan fingerprint density at radius 2 is 1.82 bits per heavy atom. The van der Waals surface area contributed by atoms with Crippen LogP contribution in [0.1, 0.15) is 18.4 Å². The molecule has 1 heterocycles. The molecule has 0 saturated carbocycles. The summed E-state index contributed by atoms with van der Waals surface area (Å²) < 4.78 is 37.2. The van der Waals surface area contributed by atoms with Crippen LogP contribution in [0.2, 0.25) is 0 Å². The van der Waals surface area contributed by atoms with E-state index in [1.165, 1.54) is 22.7 Å². The summed E-state index contributed by atoms with van der Waals surface area (Å²) in [7, 11) is -1.46. The van der Waals surface area contributed by atoms with Gasteiger partial charge in [-0.3, -0.25) is 4.79 Å². The van der Waals surface area contributed by atoms with Crippen LogP contribution < -0.4 is 0 Å². The summed E-state index contributed by atoms with van der Waals surface area (Å²) in [5, 5.41) is 0. The van der Waals surface area contributed by atoms with Gasteiger partial charge in [-0.15, -0.1) is 0 Å². The fraction of sp³-hybridized carbons (Fsp3) is 0.533. The quantitative estimate of drug-likeness (QED) is 0.841. The van der Waals surface area contributed by atoms with Gasteiger partial charge in [0, 0.05) is 32.6 Å². The Hall–Kier alpha value is -1.47. The molecule has 1 amide bonds. The normalized spacial score (nSPS) is 17.4. The number of carbonyl (C=O) groups is 1. The molecular weight excluding hydrogens is 307 g/mol. The van der Waals surface area contributed by atoms with Crippen molar-refractivity contribution < 1.29 is 17.6 Å². The second-order valence-electron chi connectivity index (χ2n) is 5.76. The maximum Gasteiger partial charge on any atom is 0.225 e. The largest absolute Gasteiger partial charge is 0.341 e. The third-order valence-electron chi connectivity index (χ3n) is 3.98. The van der Waals surface area contributed by atoms with Crippen LogP contribution in [-0.4, -0.2) is 49.9 Å². The molecule has 7 heteroatoms. The van der Waals surface area contributed by atoms with Gasteiger partial charge < -0.3 is 4.90 Å². The first-order valence-corrected chi connectivity index (χ1v) is 9.07. The van der Waals surface area contributed by atoms with Gasteiger partial charge in [0.15, 0.2) is 0 Å². The highest BCUT2D eigenvalue weighted by Crippen LogP contribution is 2.21. The lowest BCUT2D eigenvalue weighted by Crippen LogP contribution is -2.42. The molecule has 2 rings (SSSR count). The molecule has 1 aliphatic heterocycles. The van der Waals surface area contributed by atoms with Crippen molar-refractivity contribution in [1.82, 2.24) is 9.21 Å². The second kappa shape index (κ2) is 6.75. The highest BCUT2D eigenvalue weighted by molar-refractivity contribution is 7.88. The maximum atomic E-state index is 12.9. The van der Waals surface area contributed by atoms with Gasteiger partial charge in [-0.1, -0.05) is 12.1 Å². The lowest BCUT2D eigenvalue weighted by Gasteiger charge is -2.31. The molecule has 1 aliphatic rings. The monoisotopic (exact) mass is 328 g/mol. The zero-order chi connectivity index (χ0) is 16.3. The Balaban J connectivity index is 1.90. The van der Waals surface area contributed by atoms with E-state index in [9.17, 15) is 17.6 Å². The number of benzene rings is 1. The van der Waals surface area contributed by atoms with Crippen LogP contribution in [0.5, 0.6) is 0 Å². The Bertz CT molecular complexity index is 623. The summed E-state index contributed by atoms with van der Waals surface area (Å²) in [6, 6.07) is 6.06. The van der Waals surface area contributed by atoms with Gasteiger partial charge in [-0.2, -0.15) is 0 Å². The van der Waals surface area contributed by atoms with Gasteiger partial charge in [0.2, 0.25) is 15.9 Å². The number of nitrogens with zero attached hydrogens (tertiary/aromatic N) is 2. The summed E-state index contributed by atoms with van der Waals surface area (Å²) in [5.41, 5.74) is 0.867. The fourth-order valence-corrected chi connectivity index (χ4v) is 3.56. The Kier molecular flexibility index (Phi) is 5.18. The molecule has 0 aromatic heterocycles. The van der Waals surface area contributed by atoms with Crippen molar-refractivity contribution in [1.29, 1.82) is 0 Å². The van der Waals surface area contributed by atoms with Gasteiger partial charge >= 0.3 is 0 Å². The van der Waals surface area contributed by atoms with Crippen molar-refractivity contribution in [2.75, 3.05) is 26.4 Å². The van der Waals surface area contributed by atoms with E-state index in [0.29, 0.717) is 32.5 Å². The molecule has 0 unspecified atom stereocenters. The zero-order valence-corrected chi connectivity index (χ0v) is 13.6. The molecule has 1 saturated heterocycles. The number of halogens is 1. The first kappa shape index (κ1) is 16.9. The minimum absolute atomic E-state index is 0.0116. The predicted molar refractivity (Wildman–Crippen MR) is 82.0 cm³/mol. The molecule has 22 heavy (non-hydrogen) atoms. The van der Waals surface area contributed by atoms with Crippen LogP contribution in [-0.2, 0) is 21.4 Å².